The molecule has 0 fully saturated rings. The van der Waals surface area contributed by atoms with E-state index in [1.807, 2.05) is 0 Å². The number of nitrogens with one attached hydrogen (secondary N) is 1. The Hall–Kier alpha value is -0.900. The lowest BCUT2D eigenvalue weighted by Gasteiger charge is -2.06. The number of nitrogens with two attached hydrogens (primary N) is 1. The number of hydrogen-bond acceptors (Lipinski definition) is 3. The van der Waals surface area contributed by atoms with E-state index in [9.17, 15) is 9.59 Å². The van der Waals surface area contributed by atoms with Crippen molar-refractivity contribution >= 4 is 12.2 Å². The molecule has 0 aromatic rings. The molecule has 0 aliphatic carbocycles. The molecule has 0 unspecified atom stereocenters. The second-order valence-corrected chi connectivity index (χ2v) is 2.74. The Balaban J connectivity index is 3.39. The molecule has 4 heteroatoms. The summed E-state index contributed by atoms with van der Waals surface area (Å²) >= 11 is 0. The fraction of sp³-hybridized carbons (Fsp3) is 0.750. The van der Waals surface area contributed by atoms with Crippen LogP contribution in [0.15, 0.2) is 0 Å². The molecule has 0 aliphatic heterocycles. The van der Waals surface area contributed by atoms with Gasteiger partial charge >= 0.3 is 0 Å². The number of rotatable bonds is 6. The molecule has 0 spiro atoms. The van der Waals surface area contributed by atoms with E-state index in [4.69, 9.17) is 5.73 Å². The van der Waals surface area contributed by atoms with Crippen LogP contribution in [0.3, 0.4) is 0 Å². The minimum Gasteiger partial charge on any atom is -0.347 e. The summed E-state index contributed by atoms with van der Waals surface area (Å²) in [6.07, 6.45) is 2.80. The van der Waals surface area contributed by atoms with Gasteiger partial charge in [-0.15, -0.1) is 0 Å². The highest BCUT2D eigenvalue weighted by molar-refractivity contribution is 5.79. The molecule has 0 saturated heterocycles. The first kappa shape index (κ1) is 11.1. The van der Waals surface area contributed by atoms with Crippen LogP contribution in [0.2, 0.25) is 0 Å². The summed E-state index contributed by atoms with van der Waals surface area (Å²) in [6.45, 7) is 2.25. The lowest BCUT2D eigenvalue weighted by molar-refractivity contribution is -0.123. The molecule has 0 saturated carbocycles. The predicted molar refractivity (Wildman–Crippen MR) is 46.6 cm³/mol. The van der Waals surface area contributed by atoms with E-state index in [2.05, 4.69) is 5.32 Å². The molecule has 4 nitrogen and oxygen atoms in total. The quantitative estimate of drug-likeness (QED) is 0.431. The van der Waals surface area contributed by atoms with Crippen molar-refractivity contribution in [2.24, 2.45) is 5.73 Å². The molecule has 0 heterocycles. The molecule has 0 aliphatic rings. The van der Waals surface area contributed by atoms with E-state index in [-0.39, 0.29) is 11.9 Å². The third kappa shape index (κ3) is 5.85. The highest BCUT2D eigenvalue weighted by atomic mass is 16.2. The van der Waals surface area contributed by atoms with Crippen molar-refractivity contribution in [1.29, 1.82) is 0 Å². The smallest absolute Gasteiger partial charge is 0.220 e. The van der Waals surface area contributed by atoms with Crippen molar-refractivity contribution in [3.8, 4) is 0 Å². The normalized spacial score (nSPS) is 12.2. The largest absolute Gasteiger partial charge is 0.347 e. The zero-order chi connectivity index (χ0) is 9.40. The molecule has 0 bridgehead atoms. The van der Waals surface area contributed by atoms with Gasteiger partial charge in [-0.3, -0.25) is 4.79 Å². The highest BCUT2D eigenvalue weighted by Gasteiger charge is 2.04. The zero-order valence-corrected chi connectivity index (χ0v) is 7.38. The standard InChI is InChI=1S/C8H16N2O2/c1-7(6-11)10-8(12)4-2-3-5-9/h6-7H,2-5,9H2,1H3,(H,10,12)/t7-/m0/s1. The van der Waals surface area contributed by atoms with E-state index in [1.165, 1.54) is 0 Å². The third-order valence-corrected chi connectivity index (χ3v) is 1.45. The molecule has 1 amide bonds. The molecule has 0 radical (unpaired) electrons. The molecule has 0 aromatic heterocycles. The number of carbonyl (C=O) groups excluding carboxylic acids is 2. The second-order valence-electron chi connectivity index (χ2n) is 2.74. The molecule has 3 N–H and O–H groups in total. The summed E-state index contributed by atoms with van der Waals surface area (Å²) in [5.41, 5.74) is 5.25. The number of amides is 1. The maximum atomic E-state index is 11.0. The summed E-state index contributed by atoms with van der Waals surface area (Å²) in [5.74, 6) is -0.0805. The summed E-state index contributed by atoms with van der Waals surface area (Å²) in [5, 5.41) is 2.54. The van der Waals surface area contributed by atoms with Gasteiger partial charge in [-0.25, -0.2) is 0 Å². The van der Waals surface area contributed by atoms with Gasteiger partial charge in [0.15, 0.2) is 0 Å². The molecule has 0 rings (SSSR count). The van der Waals surface area contributed by atoms with Crippen LogP contribution < -0.4 is 11.1 Å². The fourth-order valence-corrected chi connectivity index (χ4v) is 0.790. The Morgan fingerprint density at radius 3 is 2.75 bits per heavy atom. The maximum Gasteiger partial charge on any atom is 0.220 e. The Morgan fingerprint density at radius 2 is 2.25 bits per heavy atom. The second kappa shape index (κ2) is 6.79. The lowest BCUT2D eigenvalue weighted by Crippen LogP contribution is -2.33. The van der Waals surface area contributed by atoms with Gasteiger partial charge in [0, 0.05) is 6.42 Å². The molecular formula is C8H16N2O2. The van der Waals surface area contributed by atoms with Crippen molar-refractivity contribution in [3.63, 3.8) is 0 Å². The van der Waals surface area contributed by atoms with Crippen LogP contribution in [0.4, 0.5) is 0 Å². The van der Waals surface area contributed by atoms with E-state index in [0.717, 1.165) is 12.8 Å². The Labute approximate surface area is 72.5 Å². The molecule has 12 heavy (non-hydrogen) atoms. The number of aldehydes is 1. The first-order chi connectivity index (χ1) is 5.70. The Kier molecular flexibility index (Phi) is 6.28. The number of hydrogen-bond donors (Lipinski definition) is 2. The first-order valence-electron chi connectivity index (χ1n) is 4.15. The molecular weight excluding hydrogens is 156 g/mol. The van der Waals surface area contributed by atoms with Crippen LogP contribution in [0.5, 0.6) is 0 Å². The van der Waals surface area contributed by atoms with E-state index in [0.29, 0.717) is 19.3 Å². The Bertz CT molecular complexity index is 148. The van der Waals surface area contributed by atoms with Crippen molar-refractivity contribution in [2.75, 3.05) is 6.54 Å². The van der Waals surface area contributed by atoms with Crippen molar-refractivity contribution in [1.82, 2.24) is 5.32 Å². The summed E-state index contributed by atoms with van der Waals surface area (Å²) in [6, 6.07) is -0.379. The van der Waals surface area contributed by atoms with Gasteiger partial charge in [0.05, 0.1) is 6.04 Å². The maximum absolute atomic E-state index is 11.0. The van der Waals surface area contributed by atoms with E-state index < -0.39 is 0 Å². The van der Waals surface area contributed by atoms with Crippen molar-refractivity contribution in [2.45, 2.75) is 32.2 Å². The monoisotopic (exact) mass is 172 g/mol. The van der Waals surface area contributed by atoms with Gasteiger partial charge in [0.25, 0.3) is 0 Å². The van der Waals surface area contributed by atoms with Crippen LogP contribution in [0.25, 0.3) is 0 Å². The topological polar surface area (TPSA) is 72.2 Å². The van der Waals surface area contributed by atoms with Crippen LogP contribution in [0, 0.1) is 0 Å². The molecule has 0 aromatic carbocycles. The van der Waals surface area contributed by atoms with Gasteiger partial charge in [-0.2, -0.15) is 0 Å². The first-order valence-corrected chi connectivity index (χ1v) is 4.15. The van der Waals surface area contributed by atoms with Crippen LogP contribution >= 0.6 is 0 Å². The number of carbonyl (C=O) groups is 2. The SMILES string of the molecule is C[C@@H](C=O)NC(=O)CCCCN. The summed E-state index contributed by atoms with van der Waals surface area (Å²) in [7, 11) is 0. The predicted octanol–water partition coefficient (Wildman–Crippen LogP) is -0.181. The third-order valence-electron chi connectivity index (χ3n) is 1.45. The fourth-order valence-electron chi connectivity index (χ4n) is 0.790. The summed E-state index contributed by atoms with van der Waals surface area (Å²) in [4.78, 5) is 21.1. The van der Waals surface area contributed by atoms with Gasteiger partial charge in [0.1, 0.15) is 6.29 Å². The molecule has 70 valence electrons. The lowest BCUT2D eigenvalue weighted by atomic mass is 10.2. The van der Waals surface area contributed by atoms with E-state index >= 15 is 0 Å². The van der Waals surface area contributed by atoms with Gasteiger partial charge < -0.3 is 15.8 Å². The minimum absolute atomic E-state index is 0.0805. The average Bonchev–Trinajstić information content (AvgIpc) is 2.05. The van der Waals surface area contributed by atoms with Crippen LogP contribution in [0.1, 0.15) is 26.2 Å². The zero-order valence-electron chi connectivity index (χ0n) is 7.38. The van der Waals surface area contributed by atoms with Gasteiger partial charge in [-0.1, -0.05) is 0 Å². The van der Waals surface area contributed by atoms with E-state index in [1.54, 1.807) is 6.92 Å². The van der Waals surface area contributed by atoms with Gasteiger partial charge in [-0.05, 0) is 26.3 Å². The highest BCUT2D eigenvalue weighted by Crippen LogP contribution is 1.93. The summed E-state index contributed by atoms with van der Waals surface area (Å²) < 4.78 is 0. The van der Waals surface area contributed by atoms with Crippen LogP contribution in [-0.2, 0) is 9.59 Å². The average molecular weight is 172 g/mol. The van der Waals surface area contributed by atoms with Crippen LogP contribution in [-0.4, -0.2) is 24.8 Å². The van der Waals surface area contributed by atoms with Crippen molar-refractivity contribution < 1.29 is 9.59 Å². The van der Waals surface area contributed by atoms with Gasteiger partial charge in [0.2, 0.25) is 5.91 Å². The molecule has 1 atom stereocenters. The minimum atomic E-state index is -0.379. The van der Waals surface area contributed by atoms with Crippen molar-refractivity contribution in [3.05, 3.63) is 0 Å². The Morgan fingerprint density at radius 1 is 1.58 bits per heavy atom. The number of unbranched alkanes of at least 4 members (excludes halogenated alkanes) is 1.